The summed E-state index contributed by atoms with van der Waals surface area (Å²) in [4.78, 5) is 8.42. The number of nitrogens with two attached hydrogens (primary N) is 2. The topological polar surface area (TPSA) is 87.7 Å². The van der Waals surface area contributed by atoms with Crippen LogP contribution in [-0.2, 0) is 13.1 Å². The Morgan fingerprint density at radius 2 is 1.00 bits per heavy atom. The molecular formula is C26H24N6. The molecule has 5 rings (SSSR count). The summed E-state index contributed by atoms with van der Waals surface area (Å²) in [6.45, 7) is 1.43. The van der Waals surface area contributed by atoms with Crippen molar-refractivity contribution in [2.24, 2.45) is 0 Å². The van der Waals surface area contributed by atoms with E-state index in [0.717, 1.165) is 22.5 Å². The van der Waals surface area contributed by atoms with Crippen LogP contribution in [0.1, 0.15) is 11.1 Å². The molecule has 4 N–H and O–H groups in total. The lowest BCUT2D eigenvalue weighted by atomic mass is 9.90. The van der Waals surface area contributed by atoms with E-state index in [-0.39, 0.29) is 0 Å². The fourth-order valence-corrected chi connectivity index (χ4v) is 3.97. The van der Waals surface area contributed by atoms with Crippen LogP contribution in [0.3, 0.4) is 0 Å². The third-order valence-electron chi connectivity index (χ3n) is 5.60. The second-order valence-corrected chi connectivity index (χ2v) is 7.88. The maximum Gasteiger partial charge on any atom is 0.0949 e. The maximum absolute atomic E-state index is 5.95. The van der Waals surface area contributed by atoms with E-state index < -0.39 is 0 Å². The molecular weight excluding hydrogens is 396 g/mol. The molecule has 0 saturated heterocycles. The maximum atomic E-state index is 5.95. The van der Waals surface area contributed by atoms with E-state index in [1.165, 1.54) is 22.3 Å². The highest BCUT2D eigenvalue weighted by molar-refractivity contribution is 5.78. The first kappa shape index (κ1) is 19.6. The number of rotatable bonds is 6. The fourth-order valence-electron chi connectivity index (χ4n) is 3.97. The van der Waals surface area contributed by atoms with Crippen LogP contribution < -0.4 is 11.5 Å². The number of benzene rings is 3. The highest BCUT2D eigenvalue weighted by atomic mass is 15.0. The van der Waals surface area contributed by atoms with E-state index in [4.69, 9.17) is 11.5 Å². The number of hydrogen-bond acceptors (Lipinski definition) is 4. The van der Waals surface area contributed by atoms with Gasteiger partial charge in [0.2, 0.25) is 0 Å². The van der Waals surface area contributed by atoms with Crippen molar-refractivity contribution in [3.05, 3.63) is 109 Å². The molecule has 0 spiro atoms. The van der Waals surface area contributed by atoms with Crippen LogP contribution in [0, 0.1) is 0 Å². The van der Waals surface area contributed by atoms with Crippen molar-refractivity contribution in [3.8, 4) is 22.3 Å². The molecule has 0 fully saturated rings. The monoisotopic (exact) mass is 420 g/mol. The SMILES string of the molecule is Nc1ccc(-c2cc(Cn3ccnc3)c(-c3ccc(N)cc3)cc2Cn2ccnc2)cc1. The summed E-state index contributed by atoms with van der Waals surface area (Å²) >= 11 is 0. The van der Waals surface area contributed by atoms with Gasteiger partial charge in [-0.2, -0.15) is 0 Å². The van der Waals surface area contributed by atoms with E-state index in [2.05, 4.69) is 55.5 Å². The number of nitrogen functional groups attached to an aromatic ring is 2. The summed E-state index contributed by atoms with van der Waals surface area (Å²) in [6, 6.07) is 20.6. The Labute approximate surface area is 186 Å². The molecule has 0 aliphatic carbocycles. The summed E-state index contributed by atoms with van der Waals surface area (Å²) < 4.78 is 4.16. The molecule has 6 heteroatoms. The Hall–Kier alpha value is -4.32. The minimum Gasteiger partial charge on any atom is -0.399 e. The lowest BCUT2D eigenvalue weighted by Gasteiger charge is -2.18. The Morgan fingerprint density at radius 3 is 1.34 bits per heavy atom. The van der Waals surface area contributed by atoms with Crippen LogP contribution >= 0.6 is 0 Å². The van der Waals surface area contributed by atoms with Crippen LogP contribution in [0.25, 0.3) is 22.3 Å². The molecule has 0 radical (unpaired) electrons. The van der Waals surface area contributed by atoms with Crippen molar-refractivity contribution in [1.29, 1.82) is 0 Å². The zero-order chi connectivity index (χ0) is 21.9. The Bertz CT molecular complexity index is 1200. The zero-order valence-corrected chi connectivity index (χ0v) is 17.6. The van der Waals surface area contributed by atoms with E-state index in [9.17, 15) is 0 Å². The van der Waals surface area contributed by atoms with Gasteiger partial charge < -0.3 is 20.6 Å². The van der Waals surface area contributed by atoms with Gasteiger partial charge in [0.05, 0.1) is 12.7 Å². The smallest absolute Gasteiger partial charge is 0.0949 e. The zero-order valence-electron chi connectivity index (χ0n) is 17.6. The van der Waals surface area contributed by atoms with E-state index in [0.29, 0.717) is 13.1 Å². The average molecular weight is 421 g/mol. The van der Waals surface area contributed by atoms with Gasteiger partial charge in [-0.15, -0.1) is 0 Å². The highest BCUT2D eigenvalue weighted by Gasteiger charge is 2.14. The van der Waals surface area contributed by atoms with Crippen molar-refractivity contribution < 1.29 is 0 Å². The minimum atomic E-state index is 0.715. The Kier molecular flexibility index (Phi) is 5.17. The molecule has 0 unspecified atom stereocenters. The number of anilines is 2. The summed E-state index contributed by atoms with van der Waals surface area (Å²) in [5.41, 5.74) is 20.4. The van der Waals surface area contributed by atoms with Crippen LogP contribution in [0.15, 0.2) is 98.1 Å². The van der Waals surface area contributed by atoms with Crippen LogP contribution in [0.5, 0.6) is 0 Å². The first-order valence-corrected chi connectivity index (χ1v) is 10.4. The molecule has 0 bridgehead atoms. The number of imidazole rings is 2. The number of hydrogen-bond donors (Lipinski definition) is 2. The van der Waals surface area contributed by atoms with Gasteiger partial charge in [0, 0.05) is 49.3 Å². The van der Waals surface area contributed by atoms with Gasteiger partial charge in [-0.05, 0) is 69.8 Å². The standard InChI is InChI=1S/C26H24N6/c27-23-5-1-19(2-6-23)25-13-22(16-32-12-10-30-18-32)26(20-3-7-24(28)8-4-20)14-21(25)15-31-11-9-29-17-31/h1-14,17-18H,15-16,27-28H2. The summed E-state index contributed by atoms with van der Waals surface area (Å²) in [5.74, 6) is 0. The summed E-state index contributed by atoms with van der Waals surface area (Å²) in [7, 11) is 0. The van der Waals surface area contributed by atoms with Gasteiger partial charge in [0.1, 0.15) is 0 Å². The fraction of sp³-hybridized carbons (Fsp3) is 0.0769. The van der Waals surface area contributed by atoms with Crippen molar-refractivity contribution in [2.45, 2.75) is 13.1 Å². The van der Waals surface area contributed by atoms with E-state index in [1.807, 2.05) is 49.3 Å². The lowest BCUT2D eigenvalue weighted by molar-refractivity contribution is 0.787. The third kappa shape index (κ3) is 4.11. The van der Waals surface area contributed by atoms with Crippen molar-refractivity contribution in [3.63, 3.8) is 0 Å². The Morgan fingerprint density at radius 1 is 0.594 bits per heavy atom. The molecule has 0 amide bonds. The van der Waals surface area contributed by atoms with Gasteiger partial charge in [-0.1, -0.05) is 24.3 Å². The first-order chi connectivity index (χ1) is 15.7. The lowest BCUT2D eigenvalue weighted by Crippen LogP contribution is -2.05. The molecule has 0 aliphatic rings. The van der Waals surface area contributed by atoms with Gasteiger partial charge in [-0.3, -0.25) is 0 Å². The molecule has 2 heterocycles. The number of nitrogens with zero attached hydrogens (tertiary/aromatic N) is 4. The average Bonchev–Trinajstić information content (AvgIpc) is 3.50. The molecule has 2 aromatic heterocycles. The van der Waals surface area contributed by atoms with E-state index >= 15 is 0 Å². The van der Waals surface area contributed by atoms with Crippen LogP contribution in [-0.4, -0.2) is 19.1 Å². The normalized spacial score (nSPS) is 11.0. The second kappa shape index (κ2) is 8.43. The third-order valence-corrected chi connectivity index (χ3v) is 5.60. The van der Waals surface area contributed by atoms with Crippen molar-refractivity contribution in [2.75, 3.05) is 11.5 Å². The largest absolute Gasteiger partial charge is 0.399 e. The Balaban J connectivity index is 1.70. The molecule has 3 aromatic carbocycles. The first-order valence-electron chi connectivity index (χ1n) is 10.4. The molecule has 6 nitrogen and oxygen atoms in total. The van der Waals surface area contributed by atoms with Gasteiger partial charge in [-0.25, -0.2) is 9.97 Å². The molecule has 5 aromatic rings. The van der Waals surface area contributed by atoms with Crippen LogP contribution in [0.4, 0.5) is 11.4 Å². The second-order valence-electron chi connectivity index (χ2n) is 7.88. The number of aromatic nitrogens is 4. The molecule has 32 heavy (non-hydrogen) atoms. The molecule has 0 saturated carbocycles. The minimum absolute atomic E-state index is 0.715. The molecule has 0 atom stereocenters. The predicted octanol–water partition coefficient (Wildman–Crippen LogP) is 4.67. The van der Waals surface area contributed by atoms with Crippen molar-refractivity contribution in [1.82, 2.24) is 19.1 Å². The van der Waals surface area contributed by atoms with Gasteiger partial charge >= 0.3 is 0 Å². The highest BCUT2D eigenvalue weighted by Crippen LogP contribution is 2.34. The molecule has 158 valence electrons. The van der Waals surface area contributed by atoms with E-state index in [1.54, 1.807) is 12.4 Å². The molecule has 0 aliphatic heterocycles. The summed E-state index contributed by atoms with van der Waals surface area (Å²) in [6.07, 6.45) is 11.3. The quantitative estimate of drug-likeness (QED) is 0.391. The predicted molar refractivity (Wildman–Crippen MR) is 129 cm³/mol. The van der Waals surface area contributed by atoms with Crippen LogP contribution in [0.2, 0.25) is 0 Å². The van der Waals surface area contributed by atoms with Gasteiger partial charge in [0.25, 0.3) is 0 Å². The summed E-state index contributed by atoms with van der Waals surface area (Å²) in [5, 5.41) is 0. The van der Waals surface area contributed by atoms with Gasteiger partial charge in [0.15, 0.2) is 0 Å². The van der Waals surface area contributed by atoms with Crippen molar-refractivity contribution >= 4 is 11.4 Å².